The van der Waals surface area contributed by atoms with Crippen molar-refractivity contribution in [1.29, 1.82) is 0 Å². The van der Waals surface area contributed by atoms with Crippen LogP contribution >= 0.6 is 27.3 Å². The van der Waals surface area contributed by atoms with Gasteiger partial charge in [-0.05, 0) is 49.2 Å². The monoisotopic (exact) mass is 426 g/mol. The highest BCUT2D eigenvalue weighted by molar-refractivity contribution is 9.10. The lowest BCUT2D eigenvalue weighted by atomic mass is 9.86. The summed E-state index contributed by atoms with van der Waals surface area (Å²) in [6.45, 7) is 7.84. The van der Waals surface area contributed by atoms with Crippen LogP contribution in [-0.2, 0) is 16.8 Å². The molecule has 0 atom stereocenters. The van der Waals surface area contributed by atoms with Gasteiger partial charge in [-0.1, -0.05) is 0 Å². The Morgan fingerprint density at radius 1 is 1.40 bits per heavy atom. The van der Waals surface area contributed by atoms with Crippen LogP contribution in [0.5, 0.6) is 0 Å². The van der Waals surface area contributed by atoms with E-state index in [4.69, 9.17) is 10.5 Å². The zero-order valence-corrected chi connectivity index (χ0v) is 16.7. The van der Waals surface area contributed by atoms with Crippen molar-refractivity contribution in [2.45, 2.75) is 45.3 Å². The Kier molecular flexibility index (Phi) is 4.29. The number of fused-ring (bicyclic) bond motifs is 1. The first kappa shape index (κ1) is 18.1. The second kappa shape index (κ2) is 5.93. The summed E-state index contributed by atoms with van der Waals surface area (Å²) in [7, 11) is 0. The number of carbonyl (C=O) groups is 2. The minimum atomic E-state index is -0.582. The topological polar surface area (TPSA) is 110 Å². The number of anilines is 1. The molecule has 2 amide bonds. The maximum Gasteiger partial charge on any atom is 0.277 e. The number of ether oxygens (including phenoxy) is 1. The number of nitrogens with two attached hydrogens (primary N) is 1. The summed E-state index contributed by atoms with van der Waals surface area (Å²) in [6, 6.07) is 0. The van der Waals surface area contributed by atoms with Crippen LogP contribution in [0.3, 0.4) is 0 Å². The normalized spacial score (nSPS) is 17.8. The third-order valence-electron chi connectivity index (χ3n) is 3.97. The smallest absolute Gasteiger partial charge is 0.277 e. The number of aromatic amines is 1. The van der Waals surface area contributed by atoms with Crippen molar-refractivity contribution in [3.63, 3.8) is 0 Å². The van der Waals surface area contributed by atoms with Gasteiger partial charge in [0.25, 0.3) is 11.8 Å². The van der Waals surface area contributed by atoms with Gasteiger partial charge in [0.1, 0.15) is 5.00 Å². The Labute approximate surface area is 157 Å². The molecule has 9 heteroatoms. The Balaban J connectivity index is 2.07. The summed E-state index contributed by atoms with van der Waals surface area (Å²) in [4.78, 5) is 25.5. The largest absolute Gasteiger partial charge is 0.365 e. The van der Waals surface area contributed by atoms with Crippen LogP contribution in [0.2, 0.25) is 0 Å². The average molecular weight is 427 g/mol. The molecule has 3 rings (SSSR count). The fourth-order valence-electron chi connectivity index (χ4n) is 3.26. The molecule has 0 saturated carbocycles. The second-order valence-corrected chi connectivity index (χ2v) is 8.94. The molecule has 4 N–H and O–H groups in total. The van der Waals surface area contributed by atoms with Crippen molar-refractivity contribution < 1.29 is 14.3 Å². The number of aromatic nitrogens is 2. The van der Waals surface area contributed by atoms with Crippen molar-refractivity contribution in [3.05, 3.63) is 32.4 Å². The predicted molar refractivity (Wildman–Crippen MR) is 99.0 cm³/mol. The molecule has 134 valence electrons. The molecule has 1 aliphatic heterocycles. The number of nitrogens with one attached hydrogen (secondary N) is 2. The van der Waals surface area contributed by atoms with E-state index in [1.54, 1.807) is 6.20 Å². The van der Waals surface area contributed by atoms with Gasteiger partial charge in [-0.2, -0.15) is 5.10 Å². The van der Waals surface area contributed by atoms with Gasteiger partial charge in [0.15, 0.2) is 5.69 Å². The average Bonchev–Trinajstić information content (AvgIpc) is 3.00. The number of carbonyl (C=O) groups excluding carboxylic acids is 2. The maximum absolute atomic E-state index is 12.5. The highest BCUT2D eigenvalue weighted by Crippen LogP contribution is 2.48. The van der Waals surface area contributed by atoms with Gasteiger partial charge in [0.05, 0.1) is 21.2 Å². The van der Waals surface area contributed by atoms with Crippen molar-refractivity contribution in [2.75, 3.05) is 5.32 Å². The molecule has 2 aromatic rings. The lowest BCUT2D eigenvalue weighted by Gasteiger charge is -2.41. The van der Waals surface area contributed by atoms with Gasteiger partial charge < -0.3 is 15.8 Å². The summed E-state index contributed by atoms with van der Waals surface area (Å²) in [6.07, 6.45) is 2.10. The first-order valence-electron chi connectivity index (χ1n) is 7.68. The van der Waals surface area contributed by atoms with Gasteiger partial charge in [0, 0.05) is 17.5 Å². The van der Waals surface area contributed by atoms with E-state index >= 15 is 0 Å². The van der Waals surface area contributed by atoms with Crippen LogP contribution in [0, 0.1) is 0 Å². The minimum absolute atomic E-state index is 0.206. The van der Waals surface area contributed by atoms with E-state index in [0.717, 1.165) is 10.4 Å². The van der Waals surface area contributed by atoms with E-state index in [-0.39, 0.29) is 5.69 Å². The van der Waals surface area contributed by atoms with Crippen LogP contribution in [0.1, 0.15) is 59.0 Å². The molecule has 25 heavy (non-hydrogen) atoms. The number of amides is 2. The van der Waals surface area contributed by atoms with Crippen molar-refractivity contribution in [2.24, 2.45) is 5.73 Å². The molecule has 3 heterocycles. The number of nitrogens with zero attached hydrogens (tertiary/aromatic N) is 1. The summed E-state index contributed by atoms with van der Waals surface area (Å²) in [5.41, 5.74) is 6.01. The fraction of sp³-hybridized carbons (Fsp3) is 0.438. The summed E-state index contributed by atoms with van der Waals surface area (Å²) >= 11 is 4.57. The number of primary amides is 1. The van der Waals surface area contributed by atoms with Gasteiger partial charge in [-0.3, -0.25) is 14.7 Å². The van der Waals surface area contributed by atoms with E-state index in [9.17, 15) is 9.59 Å². The molecule has 0 aliphatic carbocycles. The molecule has 0 unspecified atom stereocenters. The molecule has 0 saturated heterocycles. The predicted octanol–water partition coefficient (Wildman–Crippen LogP) is 3.17. The lowest BCUT2D eigenvalue weighted by Crippen LogP contribution is -2.42. The zero-order valence-electron chi connectivity index (χ0n) is 14.3. The van der Waals surface area contributed by atoms with Crippen molar-refractivity contribution in [1.82, 2.24) is 10.2 Å². The highest BCUT2D eigenvalue weighted by atomic mass is 79.9. The molecule has 0 spiro atoms. The van der Waals surface area contributed by atoms with Crippen LogP contribution < -0.4 is 11.1 Å². The minimum Gasteiger partial charge on any atom is -0.365 e. The molecule has 2 aromatic heterocycles. The van der Waals surface area contributed by atoms with Gasteiger partial charge in [-0.15, -0.1) is 11.3 Å². The van der Waals surface area contributed by atoms with Crippen molar-refractivity contribution >= 4 is 44.1 Å². The number of rotatable bonds is 3. The second-order valence-electron chi connectivity index (χ2n) is 7.06. The molecule has 0 radical (unpaired) electrons. The molecule has 1 aliphatic rings. The van der Waals surface area contributed by atoms with Crippen LogP contribution in [0.4, 0.5) is 5.00 Å². The lowest BCUT2D eigenvalue weighted by molar-refractivity contribution is -0.135. The molecule has 0 aromatic carbocycles. The fourth-order valence-corrected chi connectivity index (χ4v) is 4.89. The van der Waals surface area contributed by atoms with Gasteiger partial charge in [-0.25, -0.2) is 0 Å². The third kappa shape index (κ3) is 3.23. The molecular formula is C16H19BrN4O3S. The first-order chi connectivity index (χ1) is 11.5. The quantitative estimate of drug-likeness (QED) is 0.699. The van der Waals surface area contributed by atoms with Gasteiger partial charge >= 0.3 is 0 Å². The summed E-state index contributed by atoms with van der Waals surface area (Å²) in [5, 5.41) is 9.70. The Hall–Kier alpha value is -1.71. The molecule has 7 nitrogen and oxygen atoms in total. The zero-order chi connectivity index (χ0) is 18.6. The van der Waals surface area contributed by atoms with Crippen LogP contribution in [0.15, 0.2) is 10.7 Å². The van der Waals surface area contributed by atoms with E-state index in [2.05, 4.69) is 31.4 Å². The SMILES string of the molecule is CC1(C)Cc2c(sc(NC(=O)c3n[nH]cc3Br)c2C(N)=O)C(C)(C)O1. The van der Waals surface area contributed by atoms with Crippen LogP contribution in [-0.4, -0.2) is 27.6 Å². The molecular weight excluding hydrogens is 408 g/mol. The van der Waals surface area contributed by atoms with E-state index in [1.165, 1.54) is 11.3 Å². The standard InChI is InChI=1S/C16H19BrN4O3S/c1-15(2)5-7-9(12(18)22)14(25-11(7)16(3,4)24-15)20-13(23)10-8(17)6-19-21-10/h6H,5H2,1-4H3,(H2,18,22)(H,19,21)(H,20,23). The van der Waals surface area contributed by atoms with E-state index in [0.29, 0.717) is 21.5 Å². The highest BCUT2D eigenvalue weighted by Gasteiger charge is 2.43. The Bertz CT molecular complexity index is 869. The first-order valence-corrected chi connectivity index (χ1v) is 9.29. The number of hydrogen-bond donors (Lipinski definition) is 3. The number of hydrogen-bond acceptors (Lipinski definition) is 5. The van der Waals surface area contributed by atoms with E-state index in [1.807, 2.05) is 27.7 Å². The van der Waals surface area contributed by atoms with Crippen LogP contribution in [0.25, 0.3) is 0 Å². The molecule has 0 bridgehead atoms. The van der Waals surface area contributed by atoms with E-state index < -0.39 is 23.0 Å². The number of thiophene rings is 1. The van der Waals surface area contributed by atoms with Crippen molar-refractivity contribution in [3.8, 4) is 0 Å². The maximum atomic E-state index is 12.5. The summed E-state index contributed by atoms with van der Waals surface area (Å²) < 4.78 is 6.69. The Morgan fingerprint density at radius 3 is 2.64 bits per heavy atom. The third-order valence-corrected chi connectivity index (χ3v) is 6.03. The number of H-pyrrole nitrogens is 1. The Morgan fingerprint density at radius 2 is 2.08 bits per heavy atom. The van der Waals surface area contributed by atoms with Gasteiger partial charge in [0.2, 0.25) is 0 Å². The summed E-state index contributed by atoms with van der Waals surface area (Å²) in [5.74, 6) is -0.991. The molecule has 0 fully saturated rings. The number of halogens is 1.